The van der Waals surface area contributed by atoms with E-state index in [1.807, 2.05) is 0 Å². The van der Waals surface area contributed by atoms with Gasteiger partial charge < -0.3 is 20.3 Å². The number of amides is 3. The number of ketones is 1. The summed E-state index contributed by atoms with van der Waals surface area (Å²) in [5.41, 5.74) is 0.740. The number of alkyl halides is 3. The summed E-state index contributed by atoms with van der Waals surface area (Å²) in [7, 11) is 6.72. The van der Waals surface area contributed by atoms with Crippen LogP contribution in [-0.2, 0) is 14.3 Å². The zero-order valence-corrected chi connectivity index (χ0v) is 19.7. The molecule has 2 radical (unpaired) electrons. The van der Waals surface area contributed by atoms with Gasteiger partial charge in [-0.2, -0.15) is 13.2 Å². The van der Waals surface area contributed by atoms with Gasteiger partial charge >= 0.3 is 12.3 Å². The lowest BCUT2D eigenvalue weighted by molar-refractivity contribution is -0.160. The molecule has 9 nitrogen and oxygen atoms in total. The molecule has 0 bridgehead atoms. The highest BCUT2D eigenvalue weighted by atomic mass is 19.4. The number of piperazine rings is 1. The van der Waals surface area contributed by atoms with Gasteiger partial charge in [0.25, 0.3) is 0 Å². The highest BCUT2D eigenvalue weighted by molar-refractivity contribution is 6.32. The molecule has 0 saturated carbocycles. The highest BCUT2D eigenvalue weighted by Crippen LogP contribution is 2.21. The highest BCUT2D eigenvalue weighted by Gasteiger charge is 2.42. The summed E-state index contributed by atoms with van der Waals surface area (Å²) in [6, 6.07) is 3.63. The number of ether oxygens (including phenoxy) is 1. The molecule has 1 aliphatic heterocycles. The number of hydrogen-bond acceptors (Lipinski definition) is 6. The number of benzene rings is 1. The largest absolute Gasteiger partial charge is 0.453 e. The zero-order chi connectivity index (χ0) is 26.3. The first-order chi connectivity index (χ1) is 16.3. The van der Waals surface area contributed by atoms with Crippen LogP contribution < -0.4 is 16.1 Å². The Hall–Kier alpha value is -3.09. The molecule has 1 saturated heterocycles. The Morgan fingerprint density at radius 3 is 2.31 bits per heavy atom. The van der Waals surface area contributed by atoms with E-state index >= 15 is 0 Å². The molecule has 1 aromatic carbocycles. The number of carbonyl (C=O) groups is 4. The lowest BCUT2D eigenvalue weighted by Gasteiger charge is -2.42. The van der Waals surface area contributed by atoms with Crippen molar-refractivity contribution in [1.29, 1.82) is 0 Å². The molecule has 0 aromatic heterocycles. The molecule has 2 N–H and O–H groups in total. The van der Waals surface area contributed by atoms with Crippen molar-refractivity contribution in [3.05, 3.63) is 29.8 Å². The molecule has 2 atom stereocenters. The Labute approximate surface area is 202 Å². The number of carbonyl (C=O) groups excluding carboxylic acids is 4. The molecule has 190 valence electrons. The third-order valence-corrected chi connectivity index (χ3v) is 5.50. The first kappa shape index (κ1) is 28.2. The Morgan fingerprint density at radius 2 is 1.77 bits per heavy atom. The molecule has 35 heavy (non-hydrogen) atoms. The van der Waals surface area contributed by atoms with Gasteiger partial charge in [0.15, 0.2) is 5.78 Å². The lowest BCUT2D eigenvalue weighted by Crippen LogP contribution is -2.65. The second-order valence-electron chi connectivity index (χ2n) is 8.52. The summed E-state index contributed by atoms with van der Waals surface area (Å²) in [6.07, 6.45) is -5.35. The van der Waals surface area contributed by atoms with Crippen molar-refractivity contribution in [2.45, 2.75) is 32.1 Å². The molecule has 1 aliphatic rings. The molecule has 1 fully saturated rings. The van der Waals surface area contributed by atoms with Crippen molar-refractivity contribution in [2.75, 3.05) is 39.8 Å². The van der Waals surface area contributed by atoms with Crippen LogP contribution in [0.2, 0.25) is 0 Å². The fourth-order valence-electron chi connectivity index (χ4n) is 3.66. The van der Waals surface area contributed by atoms with Crippen LogP contribution in [0.1, 0.15) is 24.2 Å². The average Bonchev–Trinajstić information content (AvgIpc) is 2.79. The Bertz CT molecular complexity index is 927. The fraction of sp³-hybridized carbons (Fsp3) is 0.545. The summed E-state index contributed by atoms with van der Waals surface area (Å²) in [5, 5.41) is 4.83. The van der Waals surface area contributed by atoms with E-state index in [4.69, 9.17) is 7.85 Å². The summed E-state index contributed by atoms with van der Waals surface area (Å²) >= 11 is 0. The third-order valence-electron chi connectivity index (χ3n) is 5.50. The second-order valence-corrected chi connectivity index (χ2v) is 8.52. The minimum Gasteiger partial charge on any atom is -0.453 e. The molecule has 3 amide bonds. The molecular formula is C22H28BF3N4O5. The van der Waals surface area contributed by atoms with Gasteiger partial charge in [-0.15, -0.1) is 0 Å². The molecule has 1 aromatic rings. The number of nitrogens with one attached hydrogen (secondary N) is 2. The topological polar surface area (TPSA) is 108 Å². The van der Waals surface area contributed by atoms with E-state index in [-0.39, 0.29) is 18.7 Å². The van der Waals surface area contributed by atoms with Gasteiger partial charge in [0, 0.05) is 25.2 Å². The number of rotatable bonds is 8. The Morgan fingerprint density at radius 1 is 1.14 bits per heavy atom. The van der Waals surface area contributed by atoms with E-state index in [0.717, 1.165) is 16.9 Å². The summed E-state index contributed by atoms with van der Waals surface area (Å²) in [4.78, 5) is 52.5. The maximum atomic E-state index is 13.2. The van der Waals surface area contributed by atoms with Crippen molar-refractivity contribution in [1.82, 2.24) is 20.4 Å². The van der Waals surface area contributed by atoms with Crippen molar-refractivity contribution in [3.63, 3.8) is 0 Å². The number of hydrogen-bond donors (Lipinski definition) is 2. The van der Waals surface area contributed by atoms with Gasteiger partial charge in [-0.25, -0.2) is 4.79 Å². The molecule has 0 spiro atoms. The number of alkyl carbamates (subject to hydrolysis) is 1. The first-order valence-corrected chi connectivity index (χ1v) is 10.9. The van der Waals surface area contributed by atoms with E-state index in [1.54, 1.807) is 13.8 Å². The predicted octanol–water partition coefficient (Wildman–Crippen LogP) is 0.235. The maximum absolute atomic E-state index is 13.2. The van der Waals surface area contributed by atoms with Crippen molar-refractivity contribution in [2.24, 2.45) is 5.92 Å². The second kappa shape index (κ2) is 12.1. The van der Waals surface area contributed by atoms with Crippen LogP contribution >= 0.6 is 0 Å². The molecule has 1 heterocycles. The predicted molar refractivity (Wildman–Crippen MR) is 121 cm³/mol. The molecule has 0 unspecified atom stereocenters. The van der Waals surface area contributed by atoms with Gasteiger partial charge in [-0.3, -0.25) is 19.3 Å². The van der Waals surface area contributed by atoms with Crippen LogP contribution in [0.15, 0.2) is 24.3 Å². The SMILES string of the molecule is [B]c1ccc(C(=O)CNC(=O)[C@@H]2CN(CC(F)(F)F)CCN2C(=O)[C@@H](NC(=O)OC)C(C)C)cc1. The van der Waals surface area contributed by atoms with Crippen LogP contribution in [0.4, 0.5) is 18.0 Å². The smallest absolute Gasteiger partial charge is 0.407 e. The van der Waals surface area contributed by atoms with E-state index in [1.165, 1.54) is 24.3 Å². The van der Waals surface area contributed by atoms with Crippen molar-refractivity contribution in [3.8, 4) is 0 Å². The number of nitrogens with zero attached hydrogens (tertiary/aromatic N) is 2. The monoisotopic (exact) mass is 496 g/mol. The van der Waals surface area contributed by atoms with Crippen LogP contribution in [0.3, 0.4) is 0 Å². The van der Waals surface area contributed by atoms with Crippen LogP contribution in [0.5, 0.6) is 0 Å². The summed E-state index contributed by atoms with van der Waals surface area (Å²) in [6.45, 7) is 0.965. The minimum atomic E-state index is -4.49. The molecule has 2 rings (SSSR count). The van der Waals surface area contributed by atoms with Crippen LogP contribution in [-0.4, -0.2) is 99.4 Å². The van der Waals surface area contributed by atoms with Crippen molar-refractivity contribution < 1.29 is 37.1 Å². The standard InChI is InChI=1S/C22H28BF3N4O5/c1-13(2)18(28-21(34)35-3)20(33)30-9-8-29(12-22(24,25)26)11-16(30)19(32)27-10-17(31)14-4-6-15(23)7-5-14/h4-7,13,16,18H,8-12H2,1-3H3,(H,27,32)(H,28,34)/t16-,18-/m0/s1. The van der Waals surface area contributed by atoms with Crippen LogP contribution in [0.25, 0.3) is 0 Å². The van der Waals surface area contributed by atoms with E-state index < -0.39 is 67.5 Å². The van der Waals surface area contributed by atoms with Crippen LogP contribution in [0, 0.1) is 5.92 Å². The Kier molecular flexibility index (Phi) is 9.69. The number of halogens is 3. The summed E-state index contributed by atoms with van der Waals surface area (Å²) < 4.78 is 43.5. The first-order valence-electron chi connectivity index (χ1n) is 10.9. The molecular weight excluding hydrogens is 468 g/mol. The van der Waals surface area contributed by atoms with Gasteiger partial charge in [0.05, 0.1) is 20.2 Å². The van der Waals surface area contributed by atoms with Gasteiger partial charge in [-0.05, 0) is 5.92 Å². The zero-order valence-electron chi connectivity index (χ0n) is 19.7. The third kappa shape index (κ3) is 8.27. The minimum absolute atomic E-state index is 0.123. The Balaban J connectivity index is 2.20. The van der Waals surface area contributed by atoms with Crippen molar-refractivity contribution >= 4 is 37.0 Å². The molecule has 13 heteroatoms. The fourth-order valence-corrected chi connectivity index (χ4v) is 3.66. The maximum Gasteiger partial charge on any atom is 0.407 e. The number of methoxy groups -OCH3 is 1. The summed E-state index contributed by atoms with van der Waals surface area (Å²) in [5.74, 6) is -2.26. The van der Waals surface area contributed by atoms with E-state index in [9.17, 15) is 32.3 Å². The lowest BCUT2D eigenvalue weighted by atomic mass is 9.94. The normalized spacial score (nSPS) is 17.6. The number of Topliss-reactive ketones (excluding diaryl/α,β-unsaturated/α-hetero) is 1. The molecule has 0 aliphatic carbocycles. The van der Waals surface area contributed by atoms with E-state index in [2.05, 4.69) is 15.4 Å². The average molecular weight is 496 g/mol. The van der Waals surface area contributed by atoms with Gasteiger partial charge in [0.2, 0.25) is 11.8 Å². The van der Waals surface area contributed by atoms with E-state index in [0.29, 0.717) is 5.46 Å². The quantitative estimate of drug-likeness (QED) is 0.395. The van der Waals surface area contributed by atoms with Gasteiger partial charge in [0.1, 0.15) is 19.9 Å². The van der Waals surface area contributed by atoms with Gasteiger partial charge in [-0.1, -0.05) is 43.6 Å².